The van der Waals surface area contributed by atoms with Crippen LogP contribution in [-0.2, 0) is 9.59 Å². The third-order valence-electron chi connectivity index (χ3n) is 2.67. The molecule has 92 valence electrons. The molecular weight excluding hydrogens is 206 g/mol. The predicted molar refractivity (Wildman–Crippen MR) is 63.0 cm³/mol. The zero-order chi connectivity index (χ0) is 12.7. The van der Waals surface area contributed by atoms with Gasteiger partial charge in [0, 0.05) is 13.6 Å². The van der Waals surface area contributed by atoms with E-state index in [0.717, 1.165) is 0 Å². The monoisotopic (exact) mass is 227 g/mol. The van der Waals surface area contributed by atoms with E-state index in [4.69, 9.17) is 5.11 Å². The maximum Gasteiger partial charge on any atom is 0.306 e. The maximum atomic E-state index is 11.6. The molecule has 0 aromatic heterocycles. The van der Waals surface area contributed by atoms with Crippen molar-refractivity contribution in [3.8, 4) is 0 Å². The van der Waals surface area contributed by atoms with Gasteiger partial charge in [-0.15, -0.1) is 6.58 Å². The van der Waals surface area contributed by atoms with E-state index in [-0.39, 0.29) is 17.7 Å². The number of carboxylic acids is 1. The highest BCUT2D eigenvalue weighted by atomic mass is 16.4. The zero-order valence-corrected chi connectivity index (χ0v) is 10.3. The molecule has 1 amide bonds. The van der Waals surface area contributed by atoms with Gasteiger partial charge in [-0.1, -0.05) is 19.9 Å². The number of amides is 1. The molecule has 2 atom stereocenters. The SMILES string of the molecule is C=CC(C)C(=O)N(C)CCCC(C)C(=O)O. The van der Waals surface area contributed by atoms with Crippen molar-refractivity contribution in [3.05, 3.63) is 12.7 Å². The molecule has 0 aliphatic carbocycles. The van der Waals surface area contributed by atoms with Crippen LogP contribution in [0.5, 0.6) is 0 Å². The van der Waals surface area contributed by atoms with Gasteiger partial charge >= 0.3 is 5.97 Å². The van der Waals surface area contributed by atoms with E-state index in [1.165, 1.54) is 0 Å². The second kappa shape index (κ2) is 7.04. The van der Waals surface area contributed by atoms with Crippen molar-refractivity contribution >= 4 is 11.9 Å². The lowest BCUT2D eigenvalue weighted by Crippen LogP contribution is -2.32. The van der Waals surface area contributed by atoms with E-state index in [1.807, 2.05) is 0 Å². The fourth-order valence-electron chi connectivity index (χ4n) is 1.32. The first-order valence-electron chi connectivity index (χ1n) is 5.50. The molecule has 0 aromatic rings. The highest BCUT2D eigenvalue weighted by Crippen LogP contribution is 2.08. The van der Waals surface area contributed by atoms with E-state index in [9.17, 15) is 9.59 Å². The Morgan fingerprint density at radius 3 is 2.44 bits per heavy atom. The molecular formula is C12H21NO3. The molecule has 4 heteroatoms. The van der Waals surface area contributed by atoms with Gasteiger partial charge in [-0.2, -0.15) is 0 Å². The van der Waals surface area contributed by atoms with Crippen LogP contribution in [-0.4, -0.2) is 35.5 Å². The van der Waals surface area contributed by atoms with Gasteiger partial charge in [0.25, 0.3) is 0 Å². The Morgan fingerprint density at radius 2 is 2.00 bits per heavy atom. The molecule has 1 N–H and O–H groups in total. The number of hydrogen-bond acceptors (Lipinski definition) is 2. The number of carboxylic acid groups (broad SMARTS) is 1. The highest BCUT2D eigenvalue weighted by molar-refractivity contribution is 5.79. The van der Waals surface area contributed by atoms with E-state index in [0.29, 0.717) is 19.4 Å². The number of rotatable bonds is 7. The van der Waals surface area contributed by atoms with Gasteiger partial charge in [0.05, 0.1) is 11.8 Å². The highest BCUT2D eigenvalue weighted by Gasteiger charge is 2.15. The third-order valence-corrected chi connectivity index (χ3v) is 2.67. The Balaban J connectivity index is 3.90. The van der Waals surface area contributed by atoms with Crippen LogP contribution in [0.3, 0.4) is 0 Å². The lowest BCUT2D eigenvalue weighted by molar-refractivity contribution is -0.141. The number of hydrogen-bond donors (Lipinski definition) is 1. The molecule has 0 aromatic carbocycles. The lowest BCUT2D eigenvalue weighted by atomic mass is 10.1. The van der Waals surface area contributed by atoms with E-state index >= 15 is 0 Å². The van der Waals surface area contributed by atoms with Crippen LogP contribution < -0.4 is 0 Å². The number of nitrogens with zero attached hydrogens (tertiary/aromatic N) is 1. The van der Waals surface area contributed by atoms with Crippen molar-refractivity contribution in [1.82, 2.24) is 4.90 Å². The van der Waals surface area contributed by atoms with Gasteiger partial charge in [0.2, 0.25) is 5.91 Å². The normalized spacial score (nSPS) is 13.9. The molecule has 0 bridgehead atoms. The summed E-state index contributed by atoms with van der Waals surface area (Å²) in [5.41, 5.74) is 0. The van der Waals surface area contributed by atoms with Crippen LogP contribution >= 0.6 is 0 Å². The van der Waals surface area contributed by atoms with Crippen LogP contribution in [0.25, 0.3) is 0 Å². The molecule has 0 saturated heterocycles. The van der Waals surface area contributed by atoms with E-state index in [1.54, 1.807) is 31.9 Å². The number of aliphatic carboxylic acids is 1. The molecule has 4 nitrogen and oxygen atoms in total. The van der Waals surface area contributed by atoms with Crippen LogP contribution in [0.1, 0.15) is 26.7 Å². The molecule has 0 fully saturated rings. The summed E-state index contributed by atoms with van der Waals surface area (Å²) in [6.07, 6.45) is 2.91. The van der Waals surface area contributed by atoms with Crippen molar-refractivity contribution in [2.45, 2.75) is 26.7 Å². The van der Waals surface area contributed by atoms with E-state index < -0.39 is 5.97 Å². The average Bonchev–Trinajstić information content (AvgIpc) is 2.26. The summed E-state index contributed by atoms with van der Waals surface area (Å²) < 4.78 is 0. The Kier molecular flexibility index (Phi) is 6.46. The molecule has 0 spiro atoms. The topological polar surface area (TPSA) is 57.6 Å². The van der Waals surface area contributed by atoms with Crippen molar-refractivity contribution in [3.63, 3.8) is 0 Å². The summed E-state index contributed by atoms with van der Waals surface area (Å²) in [5.74, 6) is -1.28. The first kappa shape index (κ1) is 14.7. The van der Waals surface area contributed by atoms with Crippen molar-refractivity contribution in [2.75, 3.05) is 13.6 Å². The van der Waals surface area contributed by atoms with Gasteiger partial charge in [-0.25, -0.2) is 0 Å². The second-order valence-corrected chi connectivity index (χ2v) is 4.17. The van der Waals surface area contributed by atoms with Crippen LogP contribution in [0.15, 0.2) is 12.7 Å². The van der Waals surface area contributed by atoms with Crippen LogP contribution in [0, 0.1) is 11.8 Å². The summed E-state index contributed by atoms with van der Waals surface area (Å²) in [4.78, 5) is 23.8. The Morgan fingerprint density at radius 1 is 1.44 bits per heavy atom. The molecule has 0 heterocycles. The van der Waals surface area contributed by atoms with Gasteiger partial charge in [0.1, 0.15) is 0 Å². The first-order valence-corrected chi connectivity index (χ1v) is 5.50. The average molecular weight is 227 g/mol. The minimum Gasteiger partial charge on any atom is -0.481 e. The summed E-state index contributed by atoms with van der Waals surface area (Å²) in [7, 11) is 1.73. The Bertz CT molecular complexity index is 263. The van der Waals surface area contributed by atoms with E-state index in [2.05, 4.69) is 6.58 Å². The third kappa shape index (κ3) is 4.96. The zero-order valence-electron chi connectivity index (χ0n) is 10.3. The largest absolute Gasteiger partial charge is 0.481 e. The summed E-state index contributed by atoms with van der Waals surface area (Å²) in [5, 5.41) is 8.69. The minimum absolute atomic E-state index is 0.0259. The molecule has 0 radical (unpaired) electrons. The van der Waals surface area contributed by atoms with Crippen molar-refractivity contribution < 1.29 is 14.7 Å². The Labute approximate surface area is 96.9 Å². The Hall–Kier alpha value is -1.32. The second-order valence-electron chi connectivity index (χ2n) is 4.17. The fraction of sp³-hybridized carbons (Fsp3) is 0.667. The molecule has 0 rings (SSSR count). The van der Waals surface area contributed by atoms with Gasteiger partial charge in [-0.05, 0) is 12.8 Å². The molecule has 0 aliphatic heterocycles. The van der Waals surface area contributed by atoms with Crippen molar-refractivity contribution in [1.29, 1.82) is 0 Å². The summed E-state index contributed by atoms with van der Waals surface area (Å²) in [6.45, 7) is 7.64. The van der Waals surface area contributed by atoms with Crippen LogP contribution in [0.4, 0.5) is 0 Å². The van der Waals surface area contributed by atoms with Crippen LogP contribution in [0.2, 0.25) is 0 Å². The van der Waals surface area contributed by atoms with Gasteiger partial charge in [-0.3, -0.25) is 9.59 Å². The summed E-state index contributed by atoms with van der Waals surface area (Å²) >= 11 is 0. The number of carbonyl (C=O) groups excluding carboxylic acids is 1. The standard InChI is InChI=1S/C12H21NO3/c1-5-9(2)11(14)13(4)8-6-7-10(3)12(15)16/h5,9-10H,1,6-8H2,2-4H3,(H,15,16). The van der Waals surface area contributed by atoms with Crippen molar-refractivity contribution in [2.24, 2.45) is 11.8 Å². The maximum absolute atomic E-state index is 11.6. The lowest BCUT2D eigenvalue weighted by Gasteiger charge is -2.20. The molecule has 2 unspecified atom stereocenters. The van der Waals surface area contributed by atoms with Gasteiger partial charge in [0.15, 0.2) is 0 Å². The minimum atomic E-state index is -0.784. The van der Waals surface area contributed by atoms with Gasteiger partial charge < -0.3 is 10.0 Å². The first-order chi connectivity index (χ1) is 7.40. The molecule has 0 saturated carbocycles. The fourth-order valence-corrected chi connectivity index (χ4v) is 1.32. The number of carbonyl (C=O) groups is 2. The molecule has 16 heavy (non-hydrogen) atoms. The molecule has 0 aliphatic rings. The quantitative estimate of drug-likeness (QED) is 0.674. The summed E-state index contributed by atoms with van der Waals surface area (Å²) in [6, 6.07) is 0. The predicted octanol–water partition coefficient (Wildman–Crippen LogP) is 1.77. The smallest absolute Gasteiger partial charge is 0.306 e.